The molecule has 2 aromatic rings. The number of aryl methyl sites for hydroxylation is 1. The minimum atomic E-state index is -0.247. The average molecular weight is 278 g/mol. The van der Waals surface area contributed by atoms with Crippen LogP contribution in [0.25, 0.3) is 0 Å². The Hall–Kier alpha value is -1.62. The van der Waals surface area contributed by atoms with Gasteiger partial charge in [-0.25, -0.2) is 9.37 Å². The first-order valence-electron chi connectivity index (χ1n) is 6.07. The molecule has 0 spiro atoms. The molecule has 0 unspecified atom stereocenters. The first-order valence-corrected chi connectivity index (χ1v) is 7.05. The molecule has 1 N–H and O–H groups in total. The van der Waals surface area contributed by atoms with E-state index in [-0.39, 0.29) is 11.4 Å². The predicted octanol–water partition coefficient (Wildman–Crippen LogP) is 3.07. The summed E-state index contributed by atoms with van der Waals surface area (Å²) in [5.74, 6) is 0.400. The van der Waals surface area contributed by atoms with E-state index in [1.54, 1.807) is 12.1 Å². The van der Waals surface area contributed by atoms with Gasteiger partial charge in [-0.2, -0.15) is 0 Å². The summed E-state index contributed by atoms with van der Waals surface area (Å²) < 4.78 is 12.8. The first-order chi connectivity index (χ1) is 9.10. The van der Waals surface area contributed by atoms with E-state index in [1.807, 2.05) is 13.8 Å². The van der Waals surface area contributed by atoms with Gasteiger partial charge in [-0.3, -0.25) is 4.79 Å². The van der Waals surface area contributed by atoms with Crippen LogP contribution in [0.5, 0.6) is 0 Å². The van der Waals surface area contributed by atoms with Crippen LogP contribution in [0.1, 0.15) is 23.7 Å². The minimum absolute atomic E-state index is 0.0726. The Morgan fingerprint density at radius 2 is 2.00 bits per heavy atom. The van der Waals surface area contributed by atoms with Crippen LogP contribution in [0.4, 0.5) is 4.39 Å². The van der Waals surface area contributed by atoms with Crippen molar-refractivity contribution in [1.29, 1.82) is 0 Å². The molecular weight excluding hydrogens is 263 g/mol. The van der Waals surface area contributed by atoms with Crippen molar-refractivity contribution in [2.24, 2.45) is 0 Å². The Balaban J connectivity index is 2.12. The highest BCUT2D eigenvalue weighted by molar-refractivity contribution is 7.98. The molecule has 0 aliphatic carbocycles. The van der Waals surface area contributed by atoms with Crippen molar-refractivity contribution in [3.8, 4) is 0 Å². The zero-order valence-corrected chi connectivity index (χ0v) is 11.7. The van der Waals surface area contributed by atoms with Crippen LogP contribution in [0, 0.1) is 12.7 Å². The van der Waals surface area contributed by atoms with Crippen LogP contribution in [-0.4, -0.2) is 9.97 Å². The molecule has 100 valence electrons. The van der Waals surface area contributed by atoms with Gasteiger partial charge in [0.1, 0.15) is 5.82 Å². The maximum atomic E-state index is 12.8. The number of aromatic amines is 1. The third-order valence-electron chi connectivity index (χ3n) is 2.84. The molecule has 0 bridgehead atoms. The van der Waals surface area contributed by atoms with Crippen LogP contribution in [0.15, 0.2) is 34.2 Å². The maximum Gasteiger partial charge on any atom is 0.254 e. The van der Waals surface area contributed by atoms with Crippen LogP contribution in [-0.2, 0) is 12.2 Å². The van der Waals surface area contributed by atoms with Gasteiger partial charge in [0.25, 0.3) is 5.56 Å². The number of aromatic nitrogens is 2. The SMILES string of the molecule is CCc1c(C)nc(SCc2ccc(F)cc2)[nH]c1=O. The van der Waals surface area contributed by atoms with Crippen LogP contribution in [0.2, 0.25) is 0 Å². The van der Waals surface area contributed by atoms with E-state index in [9.17, 15) is 9.18 Å². The second-order valence-corrected chi connectivity index (χ2v) is 5.17. The van der Waals surface area contributed by atoms with Crippen molar-refractivity contribution in [1.82, 2.24) is 9.97 Å². The molecule has 1 aromatic heterocycles. The maximum absolute atomic E-state index is 12.8. The summed E-state index contributed by atoms with van der Waals surface area (Å²) >= 11 is 1.44. The Morgan fingerprint density at radius 1 is 1.32 bits per heavy atom. The van der Waals surface area contributed by atoms with Crippen LogP contribution < -0.4 is 5.56 Å². The second-order valence-electron chi connectivity index (χ2n) is 4.20. The van der Waals surface area contributed by atoms with Crippen molar-refractivity contribution in [2.45, 2.75) is 31.2 Å². The number of rotatable bonds is 4. The molecule has 0 radical (unpaired) electrons. The van der Waals surface area contributed by atoms with E-state index >= 15 is 0 Å². The first kappa shape index (κ1) is 13.8. The Labute approximate surface area is 115 Å². The Bertz CT molecular complexity index is 622. The number of thioether (sulfide) groups is 1. The van der Waals surface area contributed by atoms with Crippen molar-refractivity contribution in [3.63, 3.8) is 0 Å². The lowest BCUT2D eigenvalue weighted by molar-refractivity contribution is 0.627. The molecule has 0 saturated heterocycles. The molecule has 0 aliphatic heterocycles. The number of nitrogens with one attached hydrogen (secondary N) is 1. The van der Waals surface area contributed by atoms with Gasteiger partial charge in [-0.1, -0.05) is 30.8 Å². The van der Waals surface area contributed by atoms with Crippen LogP contribution in [0.3, 0.4) is 0 Å². The normalized spacial score (nSPS) is 10.7. The number of hydrogen-bond acceptors (Lipinski definition) is 3. The summed E-state index contributed by atoms with van der Waals surface area (Å²) in [6, 6.07) is 6.32. The second kappa shape index (κ2) is 6.02. The van der Waals surface area contributed by atoms with Gasteiger partial charge in [0.05, 0.1) is 0 Å². The third kappa shape index (κ3) is 3.44. The molecular formula is C14H15FN2OS. The lowest BCUT2D eigenvalue weighted by Gasteiger charge is -2.05. The number of benzene rings is 1. The fraction of sp³-hybridized carbons (Fsp3) is 0.286. The smallest absolute Gasteiger partial charge is 0.254 e. The quantitative estimate of drug-likeness (QED) is 0.690. The molecule has 0 amide bonds. The standard InChI is InChI=1S/C14H15FN2OS/c1-3-12-9(2)16-14(17-13(12)18)19-8-10-4-6-11(15)7-5-10/h4-7H,3,8H2,1-2H3,(H,16,17,18). The molecule has 0 saturated carbocycles. The van der Waals surface area contributed by atoms with Gasteiger partial charge in [0, 0.05) is 17.0 Å². The minimum Gasteiger partial charge on any atom is -0.301 e. The van der Waals surface area contributed by atoms with E-state index in [0.717, 1.165) is 16.8 Å². The average Bonchev–Trinajstić information content (AvgIpc) is 2.38. The molecule has 0 aliphatic rings. The lowest BCUT2D eigenvalue weighted by atomic mass is 10.2. The summed E-state index contributed by atoms with van der Waals surface area (Å²) in [6.45, 7) is 3.78. The van der Waals surface area contributed by atoms with Gasteiger partial charge in [-0.05, 0) is 31.0 Å². The highest BCUT2D eigenvalue weighted by atomic mass is 32.2. The molecule has 5 heteroatoms. The van der Waals surface area contributed by atoms with E-state index in [2.05, 4.69) is 9.97 Å². The highest BCUT2D eigenvalue weighted by Crippen LogP contribution is 2.19. The zero-order valence-electron chi connectivity index (χ0n) is 10.9. The molecule has 1 heterocycles. The van der Waals surface area contributed by atoms with Crippen molar-refractivity contribution in [2.75, 3.05) is 0 Å². The largest absolute Gasteiger partial charge is 0.301 e. The molecule has 2 rings (SSSR count). The highest BCUT2D eigenvalue weighted by Gasteiger charge is 2.06. The van der Waals surface area contributed by atoms with Gasteiger partial charge in [0.2, 0.25) is 0 Å². The fourth-order valence-corrected chi connectivity index (χ4v) is 2.66. The monoisotopic (exact) mass is 278 g/mol. The van der Waals surface area contributed by atoms with Gasteiger partial charge < -0.3 is 4.98 Å². The van der Waals surface area contributed by atoms with Crippen molar-refractivity contribution >= 4 is 11.8 Å². The van der Waals surface area contributed by atoms with E-state index < -0.39 is 0 Å². The summed E-state index contributed by atoms with van der Waals surface area (Å²) in [4.78, 5) is 18.9. The summed E-state index contributed by atoms with van der Waals surface area (Å²) in [6.07, 6.45) is 0.678. The van der Waals surface area contributed by atoms with E-state index in [4.69, 9.17) is 0 Å². The lowest BCUT2D eigenvalue weighted by Crippen LogP contribution is -2.16. The van der Waals surface area contributed by atoms with Crippen LogP contribution >= 0.6 is 11.8 Å². The van der Waals surface area contributed by atoms with E-state index in [0.29, 0.717) is 17.3 Å². The van der Waals surface area contributed by atoms with Gasteiger partial charge in [0.15, 0.2) is 5.16 Å². The number of hydrogen-bond donors (Lipinski definition) is 1. The van der Waals surface area contributed by atoms with Gasteiger partial charge >= 0.3 is 0 Å². The number of halogens is 1. The Morgan fingerprint density at radius 3 is 2.58 bits per heavy atom. The van der Waals surface area contributed by atoms with Gasteiger partial charge in [-0.15, -0.1) is 0 Å². The molecule has 1 aromatic carbocycles. The molecule has 3 nitrogen and oxygen atoms in total. The molecule has 19 heavy (non-hydrogen) atoms. The summed E-state index contributed by atoms with van der Waals surface area (Å²) in [5, 5.41) is 0.601. The molecule has 0 atom stereocenters. The topological polar surface area (TPSA) is 45.8 Å². The predicted molar refractivity (Wildman–Crippen MR) is 74.9 cm³/mol. The summed E-state index contributed by atoms with van der Waals surface area (Å²) in [7, 11) is 0. The van der Waals surface area contributed by atoms with Crippen molar-refractivity contribution in [3.05, 3.63) is 57.3 Å². The van der Waals surface area contributed by atoms with E-state index in [1.165, 1.54) is 23.9 Å². The molecule has 0 fully saturated rings. The fourth-order valence-electron chi connectivity index (χ4n) is 1.80. The zero-order chi connectivity index (χ0) is 13.8. The summed E-state index contributed by atoms with van der Waals surface area (Å²) in [5.41, 5.74) is 2.42. The number of nitrogens with zero attached hydrogens (tertiary/aromatic N) is 1. The Kier molecular flexibility index (Phi) is 4.37. The number of H-pyrrole nitrogens is 1. The van der Waals surface area contributed by atoms with Crippen molar-refractivity contribution < 1.29 is 4.39 Å². The third-order valence-corrected chi connectivity index (χ3v) is 3.79.